The van der Waals surface area contributed by atoms with Crippen molar-refractivity contribution >= 4 is 27.6 Å². The number of amides is 1. The zero-order chi connectivity index (χ0) is 20.7. The molecule has 0 bridgehead atoms. The maximum absolute atomic E-state index is 13.1. The average molecular weight is 407 g/mol. The third kappa shape index (κ3) is 3.58. The molecule has 0 aromatic heterocycles. The molecule has 7 nitrogen and oxygen atoms in total. The van der Waals surface area contributed by atoms with Crippen LogP contribution in [0.4, 0.5) is 5.69 Å². The minimum absolute atomic E-state index is 0.0225. The summed E-state index contributed by atoms with van der Waals surface area (Å²) in [5, 5.41) is 2.89. The summed E-state index contributed by atoms with van der Waals surface area (Å²) in [6, 6.07) is 5.71. The Morgan fingerprint density at radius 2 is 1.86 bits per heavy atom. The number of hydrogen-bond donors (Lipinski definition) is 1. The minimum Gasteiger partial charge on any atom is -0.450 e. The lowest BCUT2D eigenvalue weighted by molar-refractivity contribution is -0.149. The second kappa shape index (κ2) is 7.33. The fraction of sp³-hybridized carbons (Fsp3) is 0.500. The summed E-state index contributed by atoms with van der Waals surface area (Å²) in [7, 11) is -3.31. The summed E-state index contributed by atoms with van der Waals surface area (Å²) in [4.78, 5) is 25.4. The molecule has 1 spiro atoms. The van der Waals surface area contributed by atoms with Crippen LogP contribution in [0.3, 0.4) is 0 Å². The number of rotatable bonds is 4. The number of benzene rings is 1. The van der Waals surface area contributed by atoms with Crippen molar-refractivity contribution in [2.24, 2.45) is 0 Å². The maximum atomic E-state index is 13.1. The van der Waals surface area contributed by atoms with E-state index in [-0.39, 0.29) is 43.2 Å². The highest BCUT2D eigenvalue weighted by molar-refractivity contribution is 7.89. The van der Waals surface area contributed by atoms with Gasteiger partial charge in [0.25, 0.3) is 5.91 Å². The van der Waals surface area contributed by atoms with Crippen LogP contribution in [0, 0.1) is 13.8 Å². The second-order valence-electron chi connectivity index (χ2n) is 7.46. The summed E-state index contributed by atoms with van der Waals surface area (Å²) in [5.74, 6) is -0.867. The van der Waals surface area contributed by atoms with Crippen molar-refractivity contribution in [2.45, 2.75) is 46.1 Å². The first-order valence-corrected chi connectivity index (χ1v) is 11.0. The van der Waals surface area contributed by atoms with Crippen LogP contribution in [0.5, 0.6) is 0 Å². The van der Waals surface area contributed by atoms with Gasteiger partial charge in [-0.1, -0.05) is 17.7 Å². The molecule has 28 heavy (non-hydrogen) atoms. The lowest BCUT2D eigenvalue weighted by Gasteiger charge is -2.38. The first kappa shape index (κ1) is 20.5. The number of carbonyl (C=O) groups is 2. The van der Waals surface area contributed by atoms with Gasteiger partial charge in [-0.3, -0.25) is 4.79 Å². The Hall–Kier alpha value is -2.19. The monoisotopic (exact) mass is 406 g/mol. The smallest absolute Gasteiger partial charge is 0.335 e. The Kier molecular flexibility index (Phi) is 5.38. The van der Waals surface area contributed by atoms with E-state index < -0.39 is 21.6 Å². The van der Waals surface area contributed by atoms with Gasteiger partial charge in [0, 0.05) is 37.2 Å². The maximum Gasteiger partial charge on any atom is 0.335 e. The van der Waals surface area contributed by atoms with Gasteiger partial charge in [-0.05, 0) is 39.3 Å². The molecule has 0 unspecified atom stereocenters. The SMILES string of the molecule is CCS(=O)(=O)N1CCC2(CC1)OC(=O)C(C)=C2C(=O)Nc1ccc(C)cc1C. The Morgan fingerprint density at radius 3 is 2.43 bits per heavy atom. The van der Waals surface area contributed by atoms with E-state index in [1.807, 2.05) is 32.0 Å². The standard InChI is InChI=1S/C20H26N2O5S/c1-5-28(25,26)22-10-8-20(9-11-22)17(15(4)19(24)27-20)18(23)21-16-7-6-13(2)12-14(16)3/h6-7,12H,5,8-11H2,1-4H3,(H,21,23). The molecule has 3 rings (SSSR count). The Balaban J connectivity index is 1.86. The van der Waals surface area contributed by atoms with Crippen LogP contribution in [0.15, 0.2) is 29.3 Å². The molecule has 0 radical (unpaired) electrons. The molecule has 1 aromatic rings. The number of piperidine rings is 1. The van der Waals surface area contributed by atoms with Crippen LogP contribution >= 0.6 is 0 Å². The van der Waals surface area contributed by atoms with Crippen LogP contribution in [0.2, 0.25) is 0 Å². The van der Waals surface area contributed by atoms with Gasteiger partial charge in [-0.2, -0.15) is 0 Å². The molecule has 1 fully saturated rings. The first-order chi connectivity index (χ1) is 13.1. The van der Waals surface area contributed by atoms with Gasteiger partial charge in [-0.15, -0.1) is 0 Å². The van der Waals surface area contributed by atoms with Gasteiger partial charge in [0.05, 0.1) is 11.3 Å². The summed E-state index contributed by atoms with van der Waals surface area (Å²) in [6.45, 7) is 7.51. The van der Waals surface area contributed by atoms with Crippen molar-refractivity contribution in [3.05, 3.63) is 40.5 Å². The zero-order valence-corrected chi connectivity index (χ0v) is 17.5. The molecule has 0 atom stereocenters. The number of anilines is 1. The molecule has 2 aliphatic heterocycles. The summed E-state index contributed by atoms with van der Waals surface area (Å²) < 4.78 is 31.3. The van der Waals surface area contributed by atoms with Crippen molar-refractivity contribution in [3.63, 3.8) is 0 Å². The normalized spacial score (nSPS) is 19.8. The number of sulfonamides is 1. The number of hydrogen-bond acceptors (Lipinski definition) is 5. The molecule has 2 heterocycles. The third-order valence-corrected chi connectivity index (χ3v) is 7.45. The average Bonchev–Trinajstić information content (AvgIpc) is 2.87. The van der Waals surface area contributed by atoms with Gasteiger partial charge < -0.3 is 10.1 Å². The van der Waals surface area contributed by atoms with Gasteiger partial charge in [-0.25, -0.2) is 17.5 Å². The highest BCUT2D eigenvalue weighted by Crippen LogP contribution is 2.42. The molecule has 8 heteroatoms. The molecule has 1 aromatic carbocycles. The molecular weight excluding hydrogens is 380 g/mol. The predicted molar refractivity (Wildman–Crippen MR) is 106 cm³/mol. The van der Waals surface area contributed by atoms with E-state index in [2.05, 4.69) is 5.32 Å². The molecule has 1 amide bonds. The van der Waals surface area contributed by atoms with E-state index in [1.165, 1.54) is 4.31 Å². The van der Waals surface area contributed by atoms with Crippen molar-refractivity contribution in [2.75, 3.05) is 24.2 Å². The number of nitrogens with zero attached hydrogens (tertiary/aromatic N) is 1. The molecule has 0 aliphatic carbocycles. The first-order valence-electron chi connectivity index (χ1n) is 9.41. The van der Waals surface area contributed by atoms with Crippen LogP contribution in [0.25, 0.3) is 0 Å². The Morgan fingerprint density at radius 1 is 1.21 bits per heavy atom. The number of carbonyl (C=O) groups excluding carboxylic acids is 2. The highest BCUT2D eigenvalue weighted by Gasteiger charge is 2.51. The van der Waals surface area contributed by atoms with E-state index in [9.17, 15) is 18.0 Å². The van der Waals surface area contributed by atoms with Crippen molar-refractivity contribution in [1.82, 2.24) is 4.31 Å². The van der Waals surface area contributed by atoms with Crippen molar-refractivity contribution < 1.29 is 22.7 Å². The zero-order valence-electron chi connectivity index (χ0n) is 16.7. The quantitative estimate of drug-likeness (QED) is 0.775. The second-order valence-corrected chi connectivity index (χ2v) is 9.71. The highest BCUT2D eigenvalue weighted by atomic mass is 32.2. The predicted octanol–water partition coefficient (Wildman–Crippen LogP) is 2.30. The largest absolute Gasteiger partial charge is 0.450 e. The number of nitrogens with one attached hydrogen (secondary N) is 1. The van der Waals surface area contributed by atoms with E-state index in [0.29, 0.717) is 11.3 Å². The van der Waals surface area contributed by atoms with Crippen LogP contribution in [-0.4, -0.2) is 49.0 Å². The molecule has 1 N–H and O–H groups in total. The number of ether oxygens (including phenoxy) is 1. The van der Waals surface area contributed by atoms with E-state index >= 15 is 0 Å². The van der Waals surface area contributed by atoms with Crippen LogP contribution in [-0.2, 0) is 24.3 Å². The van der Waals surface area contributed by atoms with Gasteiger partial charge >= 0.3 is 5.97 Å². The Bertz CT molecular complexity index is 957. The molecule has 2 aliphatic rings. The molecular formula is C20H26N2O5S. The van der Waals surface area contributed by atoms with Gasteiger partial charge in [0.15, 0.2) is 0 Å². The van der Waals surface area contributed by atoms with E-state index in [0.717, 1.165) is 11.1 Å². The van der Waals surface area contributed by atoms with Crippen LogP contribution < -0.4 is 5.32 Å². The molecule has 0 saturated carbocycles. The van der Waals surface area contributed by atoms with E-state index in [4.69, 9.17) is 4.74 Å². The van der Waals surface area contributed by atoms with Gasteiger partial charge in [0.1, 0.15) is 5.60 Å². The fourth-order valence-electron chi connectivity index (χ4n) is 3.92. The van der Waals surface area contributed by atoms with Gasteiger partial charge in [0.2, 0.25) is 10.0 Å². The Labute approximate surface area is 165 Å². The summed E-state index contributed by atoms with van der Waals surface area (Å²) in [6.07, 6.45) is 0.538. The lowest BCUT2D eigenvalue weighted by atomic mass is 9.83. The lowest BCUT2D eigenvalue weighted by Crippen LogP contribution is -2.49. The number of aryl methyl sites for hydroxylation is 2. The van der Waals surface area contributed by atoms with Crippen molar-refractivity contribution in [3.8, 4) is 0 Å². The third-order valence-electron chi connectivity index (χ3n) is 5.57. The van der Waals surface area contributed by atoms with E-state index in [1.54, 1.807) is 13.8 Å². The topological polar surface area (TPSA) is 92.8 Å². The summed E-state index contributed by atoms with van der Waals surface area (Å²) in [5.41, 5.74) is 2.22. The number of esters is 1. The molecule has 152 valence electrons. The minimum atomic E-state index is -3.31. The summed E-state index contributed by atoms with van der Waals surface area (Å²) >= 11 is 0. The van der Waals surface area contributed by atoms with Crippen molar-refractivity contribution in [1.29, 1.82) is 0 Å². The van der Waals surface area contributed by atoms with Crippen LogP contribution in [0.1, 0.15) is 37.8 Å². The molecule has 1 saturated heterocycles. The fourth-order valence-corrected chi connectivity index (χ4v) is 5.03.